The number of piperidine rings is 1. The summed E-state index contributed by atoms with van der Waals surface area (Å²) in [7, 11) is 1.49. The highest BCUT2D eigenvalue weighted by Gasteiger charge is 2.11. The van der Waals surface area contributed by atoms with E-state index in [1.165, 1.54) is 50.8 Å². The molecule has 0 aliphatic carbocycles. The Hall–Kier alpha value is -0.700. The Kier molecular flexibility index (Phi) is 6.71. The summed E-state index contributed by atoms with van der Waals surface area (Å²) in [4.78, 5) is 13.8. The first-order chi connectivity index (χ1) is 9.78. The van der Waals surface area contributed by atoms with Crippen LogP contribution in [0.5, 0.6) is 0 Å². The monoisotopic (exact) mass is 316 g/mol. The second-order valence-electron chi connectivity index (χ2n) is 4.61. The van der Waals surface area contributed by atoms with Gasteiger partial charge in [-0.05, 0) is 25.9 Å². The van der Waals surface area contributed by atoms with Crippen LogP contribution in [0, 0.1) is 0 Å². The first-order valence-corrected chi connectivity index (χ1v) is 8.55. The van der Waals surface area contributed by atoms with Crippen LogP contribution in [0.3, 0.4) is 0 Å². The minimum Gasteiger partial charge on any atom is -0.375 e. The zero-order valence-electron chi connectivity index (χ0n) is 11.6. The number of aromatic nitrogens is 2. The van der Waals surface area contributed by atoms with E-state index in [9.17, 15) is 4.79 Å². The zero-order chi connectivity index (χ0) is 14.2. The van der Waals surface area contributed by atoms with Gasteiger partial charge in [0, 0.05) is 19.4 Å². The summed E-state index contributed by atoms with van der Waals surface area (Å²) in [6, 6.07) is 0. The number of thioether (sulfide) groups is 1. The standard InChI is InChI=1S/C12H20N4O2S2/c1-18-9-10(17)13-11-14-15-12(20-11)19-8-7-16-5-3-2-4-6-16/h2-9H2,1H3,(H,13,14,17). The molecule has 6 nitrogen and oxygen atoms in total. The lowest BCUT2D eigenvalue weighted by Gasteiger charge is -2.25. The Morgan fingerprint density at radius 2 is 2.20 bits per heavy atom. The number of anilines is 1. The Balaban J connectivity index is 1.68. The average molecular weight is 316 g/mol. The molecule has 8 heteroatoms. The molecule has 2 heterocycles. The molecule has 1 aliphatic heterocycles. The fourth-order valence-corrected chi connectivity index (χ4v) is 3.89. The SMILES string of the molecule is COCC(=O)Nc1nnc(SCCN2CCCCC2)s1. The number of methoxy groups -OCH3 is 1. The molecule has 1 aromatic rings. The summed E-state index contributed by atoms with van der Waals surface area (Å²) in [6.07, 6.45) is 4.00. The van der Waals surface area contributed by atoms with Gasteiger partial charge < -0.3 is 9.64 Å². The van der Waals surface area contributed by atoms with Crippen molar-refractivity contribution in [3.05, 3.63) is 0 Å². The summed E-state index contributed by atoms with van der Waals surface area (Å²) < 4.78 is 5.65. The highest BCUT2D eigenvalue weighted by atomic mass is 32.2. The maximum atomic E-state index is 11.3. The maximum absolute atomic E-state index is 11.3. The molecule has 112 valence electrons. The molecule has 0 aromatic carbocycles. The van der Waals surface area contributed by atoms with E-state index in [2.05, 4.69) is 20.4 Å². The predicted octanol–water partition coefficient (Wildman–Crippen LogP) is 1.70. The number of carbonyl (C=O) groups excluding carboxylic acids is 1. The fraction of sp³-hybridized carbons (Fsp3) is 0.750. The van der Waals surface area contributed by atoms with Crippen molar-refractivity contribution in [3.8, 4) is 0 Å². The van der Waals surface area contributed by atoms with Crippen molar-refractivity contribution >= 4 is 34.1 Å². The highest BCUT2D eigenvalue weighted by Crippen LogP contribution is 2.25. The highest BCUT2D eigenvalue weighted by molar-refractivity contribution is 8.01. The molecule has 0 radical (unpaired) electrons. The molecule has 1 saturated heterocycles. The number of nitrogens with zero attached hydrogens (tertiary/aromatic N) is 3. The van der Waals surface area contributed by atoms with Crippen molar-refractivity contribution in [1.29, 1.82) is 0 Å². The largest absolute Gasteiger partial charge is 0.375 e. The number of nitrogens with one attached hydrogen (secondary N) is 1. The van der Waals surface area contributed by atoms with Crippen LogP contribution in [0.25, 0.3) is 0 Å². The van der Waals surface area contributed by atoms with Gasteiger partial charge in [-0.25, -0.2) is 0 Å². The van der Waals surface area contributed by atoms with Gasteiger partial charge in [0.15, 0.2) is 4.34 Å². The van der Waals surface area contributed by atoms with Crippen LogP contribution in [0.15, 0.2) is 4.34 Å². The molecule has 0 spiro atoms. The summed E-state index contributed by atoms with van der Waals surface area (Å²) in [6.45, 7) is 3.57. The van der Waals surface area contributed by atoms with E-state index in [1.54, 1.807) is 11.8 Å². The number of hydrogen-bond acceptors (Lipinski definition) is 7. The van der Waals surface area contributed by atoms with Gasteiger partial charge in [0.05, 0.1) is 0 Å². The van der Waals surface area contributed by atoms with Crippen molar-refractivity contribution in [2.75, 3.05) is 44.4 Å². The lowest BCUT2D eigenvalue weighted by molar-refractivity contribution is -0.119. The second kappa shape index (κ2) is 8.56. The Morgan fingerprint density at radius 1 is 1.40 bits per heavy atom. The van der Waals surface area contributed by atoms with Crippen LogP contribution >= 0.6 is 23.1 Å². The van der Waals surface area contributed by atoms with Gasteiger partial charge in [-0.2, -0.15) is 0 Å². The first-order valence-electron chi connectivity index (χ1n) is 6.75. The molecule has 0 saturated carbocycles. The summed E-state index contributed by atoms with van der Waals surface area (Å²) >= 11 is 3.10. The van der Waals surface area contributed by atoms with Crippen LogP contribution in [0.2, 0.25) is 0 Å². The molecule has 2 rings (SSSR count). The molecular weight excluding hydrogens is 296 g/mol. The molecule has 1 aromatic heterocycles. The molecule has 1 aliphatic rings. The summed E-state index contributed by atoms with van der Waals surface area (Å²) in [5.41, 5.74) is 0. The van der Waals surface area contributed by atoms with E-state index in [1.807, 2.05) is 0 Å². The third-order valence-electron chi connectivity index (χ3n) is 3.01. The Bertz CT molecular complexity index is 421. The molecule has 1 amide bonds. The van der Waals surface area contributed by atoms with Crippen LogP contribution in [0.4, 0.5) is 5.13 Å². The Morgan fingerprint density at radius 3 is 2.95 bits per heavy atom. The van der Waals surface area contributed by atoms with Crippen LogP contribution in [0.1, 0.15) is 19.3 Å². The first kappa shape index (κ1) is 15.7. The van der Waals surface area contributed by atoms with Crippen molar-refractivity contribution in [3.63, 3.8) is 0 Å². The zero-order valence-corrected chi connectivity index (χ0v) is 13.3. The smallest absolute Gasteiger partial charge is 0.252 e. The quantitative estimate of drug-likeness (QED) is 0.610. The fourth-order valence-electron chi connectivity index (χ4n) is 2.05. The van der Waals surface area contributed by atoms with Gasteiger partial charge in [0.25, 0.3) is 5.91 Å². The molecule has 0 atom stereocenters. The number of likely N-dealkylation sites (tertiary alicyclic amines) is 1. The van der Waals surface area contributed by atoms with Crippen molar-refractivity contribution in [1.82, 2.24) is 15.1 Å². The van der Waals surface area contributed by atoms with E-state index >= 15 is 0 Å². The molecule has 0 bridgehead atoms. The summed E-state index contributed by atoms with van der Waals surface area (Å²) in [5.74, 6) is 0.814. The lowest BCUT2D eigenvalue weighted by atomic mass is 10.1. The number of ether oxygens (including phenoxy) is 1. The van der Waals surface area contributed by atoms with E-state index in [0.29, 0.717) is 5.13 Å². The molecular formula is C12H20N4O2S2. The van der Waals surface area contributed by atoms with Crippen molar-refractivity contribution < 1.29 is 9.53 Å². The second-order valence-corrected chi connectivity index (χ2v) is 6.92. The van der Waals surface area contributed by atoms with Crippen molar-refractivity contribution in [2.45, 2.75) is 23.6 Å². The number of carbonyl (C=O) groups is 1. The van der Waals surface area contributed by atoms with Gasteiger partial charge in [-0.1, -0.05) is 29.5 Å². The molecule has 1 N–H and O–H groups in total. The number of amides is 1. The third-order valence-corrected chi connectivity index (χ3v) is 4.96. The number of hydrogen-bond donors (Lipinski definition) is 1. The van der Waals surface area contributed by atoms with Gasteiger partial charge >= 0.3 is 0 Å². The minimum atomic E-state index is -0.200. The van der Waals surface area contributed by atoms with E-state index in [4.69, 9.17) is 4.74 Å². The Labute approximate surface area is 127 Å². The van der Waals surface area contributed by atoms with Crippen LogP contribution in [-0.2, 0) is 9.53 Å². The third kappa shape index (κ3) is 5.35. The van der Waals surface area contributed by atoms with E-state index in [-0.39, 0.29) is 12.5 Å². The summed E-state index contributed by atoms with van der Waals surface area (Å²) in [5, 5.41) is 11.2. The normalized spacial score (nSPS) is 16.2. The predicted molar refractivity (Wildman–Crippen MR) is 81.4 cm³/mol. The maximum Gasteiger partial charge on any atom is 0.252 e. The van der Waals surface area contributed by atoms with Gasteiger partial charge in [-0.3, -0.25) is 10.1 Å². The molecule has 1 fully saturated rings. The van der Waals surface area contributed by atoms with Crippen LogP contribution in [-0.4, -0.2) is 60.1 Å². The number of rotatable bonds is 7. The topological polar surface area (TPSA) is 67.3 Å². The van der Waals surface area contributed by atoms with Gasteiger partial charge in [0.2, 0.25) is 5.13 Å². The lowest BCUT2D eigenvalue weighted by Crippen LogP contribution is -2.31. The van der Waals surface area contributed by atoms with Gasteiger partial charge in [0.1, 0.15) is 6.61 Å². The molecule has 0 unspecified atom stereocenters. The van der Waals surface area contributed by atoms with E-state index < -0.39 is 0 Å². The minimum absolute atomic E-state index is 0.0387. The van der Waals surface area contributed by atoms with Crippen molar-refractivity contribution in [2.24, 2.45) is 0 Å². The average Bonchev–Trinajstić information content (AvgIpc) is 2.88. The van der Waals surface area contributed by atoms with Gasteiger partial charge in [-0.15, -0.1) is 10.2 Å². The molecule has 20 heavy (non-hydrogen) atoms. The van der Waals surface area contributed by atoms with Crippen LogP contribution < -0.4 is 5.32 Å². The van der Waals surface area contributed by atoms with E-state index in [0.717, 1.165) is 16.6 Å².